The molecule has 0 saturated carbocycles. The van der Waals surface area contributed by atoms with Crippen LogP contribution in [0.2, 0.25) is 5.02 Å². The number of amides is 1. The van der Waals surface area contributed by atoms with Crippen molar-refractivity contribution in [2.75, 3.05) is 63.6 Å². The molecule has 5 aromatic carbocycles. The van der Waals surface area contributed by atoms with Crippen LogP contribution in [0, 0.1) is 6.92 Å². The van der Waals surface area contributed by atoms with Gasteiger partial charge in [-0.3, -0.25) is 14.7 Å². The highest BCUT2D eigenvalue weighted by Crippen LogP contribution is 2.35. The maximum atomic E-state index is 13.9. The number of aryl methyl sites for hydroxylation is 1. The lowest BCUT2D eigenvalue weighted by molar-refractivity contribution is 0.0979. The standard InChI is InChI=1S/C45H47ClN6O4S/c1-32-28-38(17-19-42(32)48-21-7-23-50(2)3)57(54,55)49-45(53)41-18-16-37(29-44(41)56-43-11-6-9-34-30-47-22-20-40(34)43)52-26-24-51(25-27-52)31-35-8-4-5-10-39(35)33-12-14-36(46)15-13-33/h4-6,8-20,22,28-30,48H,7,21,23-27,31H2,1-3H3,(H,49,53). The Labute approximate surface area is 340 Å². The highest BCUT2D eigenvalue weighted by molar-refractivity contribution is 7.90. The molecule has 1 saturated heterocycles. The van der Waals surface area contributed by atoms with E-state index in [1.54, 1.807) is 30.6 Å². The predicted molar refractivity (Wildman–Crippen MR) is 230 cm³/mol. The van der Waals surface area contributed by atoms with Gasteiger partial charge in [-0.05, 0) is 111 Å². The Morgan fingerprint density at radius 1 is 0.877 bits per heavy atom. The van der Waals surface area contributed by atoms with Crippen molar-refractivity contribution >= 4 is 49.7 Å². The number of fused-ring (bicyclic) bond motifs is 1. The number of sulfonamides is 1. The van der Waals surface area contributed by atoms with Gasteiger partial charge in [-0.2, -0.15) is 0 Å². The molecule has 1 aromatic heterocycles. The fourth-order valence-electron chi connectivity index (χ4n) is 7.11. The molecule has 7 rings (SSSR count). The number of halogens is 1. The molecule has 0 spiro atoms. The van der Waals surface area contributed by atoms with Gasteiger partial charge >= 0.3 is 0 Å². The van der Waals surface area contributed by atoms with Crippen LogP contribution in [-0.4, -0.2) is 82.5 Å². The number of hydrogen-bond donors (Lipinski definition) is 2. The van der Waals surface area contributed by atoms with Crippen molar-refractivity contribution in [3.8, 4) is 22.6 Å². The molecule has 57 heavy (non-hydrogen) atoms. The smallest absolute Gasteiger partial charge is 0.268 e. The van der Waals surface area contributed by atoms with Gasteiger partial charge in [-0.1, -0.05) is 60.1 Å². The summed E-state index contributed by atoms with van der Waals surface area (Å²) in [7, 11) is -0.161. The summed E-state index contributed by atoms with van der Waals surface area (Å²) in [4.78, 5) is 25.0. The molecule has 10 nitrogen and oxygen atoms in total. The van der Waals surface area contributed by atoms with Crippen molar-refractivity contribution in [1.82, 2.24) is 19.5 Å². The van der Waals surface area contributed by atoms with E-state index in [4.69, 9.17) is 16.3 Å². The number of carbonyl (C=O) groups excluding carboxylic acids is 1. The minimum atomic E-state index is -4.21. The van der Waals surface area contributed by atoms with Crippen molar-refractivity contribution in [1.29, 1.82) is 0 Å². The topological polar surface area (TPSA) is 107 Å². The van der Waals surface area contributed by atoms with Crippen LogP contribution < -0.4 is 19.7 Å². The van der Waals surface area contributed by atoms with E-state index >= 15 is 0 Å². The Balaban J connectivity index is 1.10. The van der Waals surface area contributed by atoms with Crippen LogP contribution in [-0.2, 0) is 16.6 Å². The van der Waals surface area contributed by atoms with Gasteiger partial charge in [-0.15, -0.1) is 0 Å². The van der Waals surface area contributed by atoms with Crippen molar-refractivity contribution in [2.45, 2.75) is 24.8 Å². The summed E-state index contributed by atoms with van der Waals surface area (Å²) in [5, 5.41) is 5.77. The minimum Gasteiger partial charge on any atom is -0.456 e. The highest BCUT2D eigenvalue weighted by Gasteiger charge is 2.25. The lowest BCUT2D eigenvalue weighted by Gasteiger charge is -2.36. The number of piperazine rings is 1. The van der Waals surface area contributed by atoms with Crippen LogP contribution in [0.3, 0.4) is 0 Å². The SMILES string of the molecule is Cc1cc(S(=O)(=O)NC(=O)c2ccc(N3CCN(Cc4ccccc4-c4ccc(Cl)cc4)CC3)cc2Oc2cccc3cnccc23)ccc1NCCCN(C)C. The Hall–Kier alpha value is -5.46. The predicted octanol–water partition coefficient (Wildman–Crippen LogP) is 8.46. The highest BCUT2D eigenvalue weighted by atomic mass is 35.5. The van der Waals surface area contributed by atoms with Crippen LogP contribution >= 0.6 is 11.6 Å². The van der Waals surface area contributed by atoms with E-state index in [0.29, 0.717) is 10.8 Å². The molecule has 2 N–H and O–H groups in total. The van der Waals surface area contributed by atoms with Crippen LogP contribution in [0.5, 0.6) is 11.5 Å². The molecule has 1 aliphatic rings. The third-order valence-electron chi connectivity index (χ3n) is 10.2. The van der Waals surface area contributed by atoms with E-state index in [2.05, 4.69) is 66.1 Å². The minimum absolute atomic E-state index is 0.00138. The molecule has 1 fully saturated rings. The monoisotopic (exact) mass is 802 g/mol. The number of pyridine rings is 1. The van der Waals surface area contributed by atoms with E-state index < -0.39 is 15.9 Å². The molecular formula is C45H47ClN6O4S. The van der Waals surface area contributed by atoms with E-state index in [1.165, 1.54) is 17.2 Å². The number of anilines is 2. The second kappa shape index (κ2) is 17.8. The Bertz CT molecular complexity index is 2460. The average Bonchev–Trinajstić information content (AvgIpc) is 3.20. The maximum Gasteiger partial charge on any atom is 0.268 e. The number of ether oxygens (including phenoxy) is 1. The third-order valence-corrected chi connectivity index (χ3v) is 11.8. The van der Waals surface area contributed by atoms with Gasteiger partial charge in [-0.25, -0.2) is 13.1 Å². The Morgan fingerprint density at radius 3 is 2.44 bits per heavy atom. The van der Waals surface area contributed by atoms with Crippen LogP contribution in [0.4, 0.5) is 11.4 Å². The lowest BCUT2D eigenvalue weighted by Crippen LogP contribution is -2.46. The summed E-state index contributed by atoms with van der Waals surface area (Å²) < 4.78 is 36.1. The number of rotatable bonds is 14. The lowest BCUT2D eigenvalue weighted by atomic mass is 9.99. The van der Waals surface area contributed by atoms with Crippen LogP contribution in [0.1, 0.15) is 27.9 Å². The molecule has 0 bridgehead atoms. The van der Waals surface area contributed by atoms with Gasteiger partial charge in [0.1, 0.15) is 11.5 Å². The van der Waals surface area contributed by atoms with Crippen molar-refractivity contribution in [3.63, 3.8) is 0 Å². The molecule has 1 aliphatic heterocycles. The first-order valence-electron chi connectivity index (χ1n) is 19.1. The fourth-order valence-corrected chi connectivity index (χ4v) is 8.29. The Morgan fingerprint density at radius 2 is 1.67 bits per heavy atom. The van der Waals surface area contributed by atoms with E-state index in [9.17, 15) is 13.2 Å². The molecule has 2 heterocycles. The quantitative estimate of drug-likeness (QED) is 0.105. The van der Waals surface area contributed by atoms with Gasteiger partial charge in [0.05, 0.1) is 10.5 Å². The van der Waals surface area contributed by atoms with Crippen LogP contribution in [0.15, 0.2) is 126 Å². The summed E-state index contributed by atoms with van der Waals surface area (Å²) in [6, 6.07) is 34.0. The van der Waals surface area contributed by atoms with E-state index in [1.807, 2.05) is 69.6 Å². The fraction of sp³-hybridized carbons (Fsp3) is 0.244. The average molecular weight is 803 g/mol. The zero-order chi connectivity index (χ0) is 39.9. The van der Waals surface area contributed by atoms with Gasteiger partial charge in [0.25, 0.3) is 15.9 Å². The summed E-state index contributed by atoms with van der Waals surface area (Å²) in [5.74, 6) is -0.0131. The van der Waals surface area contributed by atoms with Gasteiger partial charge in [0.2, 0.25) is 0 Å². The summed E-state index contributed by atoms with van der Waals surface area (Å²) in [6.07, 6.45) is 4.38. The first-order valence-corrected chi connectivity index (χ1v) is 20.9. The van der Waals surface area contributed by atoms with Crippen molar-refractivity contribution in [2.24, 2.45) is 0 Å². The number of nitrogens with one attached hydrogen (secondary N) is 2. The molecule has 294 valence electrons. The maximum absolute atomic E-state index is 13.9. The second-order valence-electron chi connectivity index (χ2n) is 14.6. The first-order chi connectivity index (χ1) is 27.5. The largest absolute Gasteiger partial charge is 0.456 e. The number of aromatic nitrogens is 1. The molecule has 0 aliphatic carbocycles. The molecule has 12 heteroatoms. The summed E-state index contributed by atoms with van der Waals surface area (Å²) >= 11 is 6.17. The molecule has 0 unspecified atom stereocenters. The Kier molecular flexibility index (Phi) is 12.4. The molecular weight excluding hydrogens is 756 g/mol. The van der Waals surface area contributed by atoms with E-state index in [0.717, 1.165) is 85.5 Å². The number of benzene rings is 5. The van der Waals surface area contributed by atoms with Gasteiger partial charge in [0.15, 0.2) is 0 Å². The molecule has 0 atom stereocenters. The first kappa shape index (κ1) is 39.8. The van der Waals surface area contributed by atoms with Crippen LogP contribution in [0.25, 0.3) is 21.9 Å². The van der Waals surface area contributed by atoms with E-state index in [-0.39, 0.29) is 16.2 Å². The van der Waals surface area contributed by atoms with Crippen molar-refractivity contribution in [3.05, 3.63) is 143 Å². The summed E-state index contributed by atoms with van der Waals surface area (Å²) in [6.45, 7) is 7.50. The number of nitrogens with zero attached hydrogens (tertiary/aromatic N) is 4. The zero-order valence-electron chi connectivity index (χ0n) is 32.4. The number of carbonyl (C=O) groups is 1. The molecule has 0 radical (unpaired) electrons. The van der Waals surface area contributed by atoms with Gasteiger partial charge in [0, 0.05) is 84.9 Å². The van der Waals surface area contributed by atoms with Gasteiger partial charge < -0.3 is 19.9 Å². The normalized spacial score (nSPS) is 13.5. The third kappa shape index (κ3) is 9.75. The molecule has 1 amide bonds. The molecule has 6 aromatic rings. The second-order valence-corrected chi connectivity index (χ2v) is 16.7. The zero-order valence-corrected chi connectivity index (χ0v) is 34.0. The summed E-state index contributed by atoms with van der Waals surface area (Å²) in [5.41, 5.74) is 6.15. The van der Waals surface area contributed by atoms with Crippen molar-refractivity contribution < 1.29 is 17.9 Å². The number of hydrogen-bond acceptors (Lipinski definition) is 9.